The first-order valence-electron chi connectivity index (χ1n) is 5.80. The fourth-order valence-electron chi connectivity index (χ4n) is 1.94. The lowest BCUT2D eigenvalue weighted by Gasteiger charge is -2.23. The van der Waals surface area contributed by atoms with Crippen LogP contribution in [-0.4, -0.2) is 68.5 Å². The summed E-state index contributed by atoms with van der Waals surface area (Å²) in [6, 6.07) is 0. The molecule has 0 saturated carbocycles. The maximum absolute atomic E-state index is 12.1. The molecule has 8 heteroatoms. The molecule has 1 atom stereocenters. The third-order valence-corrected chi connectivity index (χ3v) is 4.97. The van der Waals surface area contributed by atoms with Gasteiger partial charge in [0.2, 0.25) is 0 Å². The fourth-order valence-corrected chi connectivity index (χ4v) is 3.40. The van der Waals surface area contributed by atoms with Crippen molar-refractivity contribution in [3.63, 3.8) is 0 Å². The normalized spacial score (nSPS) is 21.6. The molecule has 0 bridgehead atoms. The minimum atomic E-state index is -3.54. The van der Waals surface area contributed by atoms with E-state index < -0.39 is 16.2 Å². The van der Waals surface area contributed by atoms with Crippen molar-refractivity contribution in [1.82, 2.24) is 8.61 Å². The van der Waals surface area contributed by atoms with Gasteiger partial charge in [0.25, 0.3) is 10.2 Å². The summed E-state index contributed by atoms with van der Waals surface area (Å²) in [7, 11) is -0.540. The SMILES string of the molecule is COCC1CCN(S(=O)(=O)N(C)CCC(=O)O)C1. The zero-order valence-electron chi connectivity index (χ0n) is 10.7. The van der Waals surface area contributed by atoms with Crippen LogP contribution in [0.2, 0.25) is 0 Å². The molecule has 18 heavy (non-hydrogen) atoms. The van der Waals surface area contributed by atoms with E-state index in [0.29, 0.717) is 19.7 Å². The largest absolute Gasteiger partial charge is 0.481 e. The minimum Gasteiger partial charge on any atom is -0.481 e. The van der Waals surface area contributed by atoms with Gasteiger partial charge in [-0.2, -0.15) is 17.0 Å². The van der Waals surface area contributed by atoms with Crippen LogP contribution in [0.5, 0.6) is 0 Å². The highest BCUT2D eigenvalue weighted by Crippen LogP contribution is 2.21. The molecule has 0 aliphatic carbocycles. The number of carbonyl (C=O) groups is 1. The number of aliphatic carboxylic acids is 1. The molecular weight excluding hydrogens is 260 g/mol. The van der Waals surface area contributed by atoms with Crippen LogP contribution in [0.1, 0.15) is 12.8 Å². The highest BCUT2D eigenvalue weighted by atomic mass is 32.2. The van der Waals surface area contributed by atoms with E-state index in [9.17, 15) is 13.2 Å². The average Bonchev–Trinajstić information content (AvgIpc) is 2.75. The van der Waals surface area contributed by atoms with Crippen LogP contribution in [0.25, 0.3) is 0 Å². The molecule has 1 aliphatic heterocycles. The summed E-state index contributed by atoms with van der Waals surface area (Å²) >= 11 is 0. The second-order valence-electron chi connectivity index (χ2n) is 4.44. The zero-order valence-corrected chi connectivity index (χ0v) is 11.5. The van der Waals surface area contributed by atoms with Crippen LogP contribution in [0.15, 0.2) is 0 Å². The highest BCUT2D eigenvalue weighted by molar-refractivity contribution is 7.86. The molecule has 1 N–H and O–H groups in total. The molecule has 1 heterocycles. The van der Waals surface area contributed by atoms with Gasteiger partial charge < -0.3 is 9.84 Å². The van der Waals surface area contributed by atoms with E-state index in [1.165, 1.54) is 11.4 Å². The summed E-state index contributed by atoms with van der Waals surface area (Å²) < 4.78 is 31.7. The average molecular weight is 280 g/mol. The molecule has 0 radical (unpaired) electrons. The Balaban J connectivity index is 2.56. The van der Waals surface area contributed by atoms with E-state index in [2.05, 4.69) is 0 Å². The molecule has 106 valence electrons. The first-order valence-corrected chi connectivity index (χ1v) is 7.19. The third-order valence-electron chi connectivity index (χ3n) is 3.01. The first kappa shape index (κ1) is 15.4. The Morgan fingerprint density at radius 3 is 2.78 bits per heavy atom. The van der Waals surface area contributed by atoms with Gasteiger partial charge >= 0.3 is 5.97 Å². The van der Waals surface area contributed by atoms with Crippen LogP contribution < -0.4 is 0 Å². The molecule has 0 spiro atoms. The lowest BCUT2D eigenvalue weighted by atomic mass is 10.1. The summed E-state index contributed by atoms with van der Waals surface area (Å²) in [6.07, 6.45) is 0.588. The van der Waals surface area contributed by atoms with Crippen molar-refractivity contribution in [2.75, 3.05) is 40.4 Å². The summed E-state index contributed by atoms with van der Waals surface area (Å²) in [4.78, 5) is 10.4. The predicted octanol–water partition coefficient (Wildman–Crippen LogP) is -0.394. The Kier molecular flexibility index (Phi) is 5.51. The highest BCUT2D eigenvalue weighted by Gasteiger charge is 2.33. The topological polar surface area (TPSA) is 87.2 Å². The standard InChI is InChI=1S/C10H20N2O5S/c1-11(5-4-10(13)14)18(15,16)12-6-3-9(7-12)8-17-2/h9H,3-8H2,1-2H3,(H,13,14). The monoisotopic (exact) mass is 280 g/mol. The summed E-state index contributed by atoms with van der Waals surface area (Å²) in [5, 5.41) is 8.55. The van der Waals surface area contributed by atoms with Gasteiger partial charge in [-0.25, -0.2) is 0 Å². The second kappa shape index (κ2) is 6.46. The number of hydrogen-bond acceptors (Lipinski definition) is 4. The molecule has 1 saturated heterocycles. The molecule has 1 aliphatic rings. The molecule has 1 unspecified atom stereocenters. The Labute approximate surface area is 108 Å². The Hall–Kier alpha value is -0.700. The number of carboxylic acids is 1. The predicted molar refractivity (Wildman–Crippen MR) is 65.4 cm³/mol. The van der Waals surface area contributed by atoms with Crippen molar-refractivity contribution in [2.45, 2.75) is 12.8 Å². The van der Waals surface area contributed by atoms with E-state index in [-0.39, 0.29) is 18.9 Å². The molecule has 7 nitrogen and oxygen atoms in total. The Morgan fingerprint density at radius 2 is 2.22 bits per heavy atom. The van der Waals surface area contributed by atoms with Crippen LogP contribution in [0.4, 0.5) is 0 Å². The van der Waals surface area contributed by atoms with E-state index >= 15 is 0 Å². The lowest BCUT2D eigenvalue weighted by molar-refractivity contribution is -0.137. The zero-order chi connectivity index (χ0) is 13.8. The van der Waals surface area contributed by atoms with Crippen molar-refractivity contribution in [3.05, 3.63) is 0 Å². The molecule has 0 aromatic heterocycles. The molecule has 1 rings (SSSR count). The van der Waals surface area contributed by atoms with E-state index in [1.807, 2.05) is 0 Å². The summed E-state index contributed by atoms with van der Waals surface area (Å²) in [5.74, 6) is -0.784. The van der Waals surface area contributed by atoms with Crippen molar-refractivity contribution >= 4 is 16.2 Å². The number of methoxy groups -OCH3 is 1. The number of carboxylic acid groups (broad SMARTS) is 1. The number of rotatable bonds is 7. The molecular formula is C10H20N2O5S. The van der Waals surface area contributed by atoms with E-state index in [1.54, 1.807) is 7.11 Å². The Bertz CT molecular complexity index is 384. The van der Waals surface area contributed by atoms with Gasteiger partial charge in [0.15, 0.2) is 0 Å². The van der Waals surface area contributed by atoms with Crippen LogP contribution >= 0.6 is 0 Å². The summed E-state index contributed by atoms with van der Waals surface area (Å²) in [5.41, 5.74) is 0. The van der Waals surface area contributed by atoms with E-state index in [4.69, 9.17) is 9.84 Å². The quantitative estimate of drug-likeness (QED) is 0.686. The molecule has 0 aromatic rings. The lowest BCUT2D eigenvalue weighted by Crippen LogP contribution is -2.41. The number of nitrogens with zero attached hydrogens (tertiary/aromatic N) is 2. The first-order chi connectivity index (χ1) is 8.37. The fraction of sp³-hybridized carbons (Fsp3) is 0.900. The van der Waals surface area contributed by atoms with Gasteiger partial charge in [0.05, 0.1) is 13.0 Å². The van der Waals surface area contributed by atoms with Crippen molar-refractivity contribution in [1.29, 1.82) is 0 Å². The smallest absolute Gasteiger partial charge is 0.304 e. The Morgan fingerprint density at radius 1 is 1.56 bits per heavy atom. The van der Waals surface area contributed by atoms with Crippen molar-refractivity contribution in [2.24, 2.45) is 5.92 Å². The van der Waals surface area contributed by atoms with Crippen LogP contribution in [0, 0.1) is 5.92 Å². The molecule has 1 fully saturated rings. The minimum absolute atomic E-state index is 0.0108. The maximum atomic E-state index is 12.1. The van der Waals surface area contributed by atoms with Crippen LogP contribution in [0.3, 0.4) is 0 Å². The third kappa shape index (κ3) is 3.91. The second-order valence-corrected chi connectivity index (χ2v) is 6.48. The van der Waals surface area contributed by atoms with Gasteiger partial charge in [-0.15, -0.1) is 0 Å². The van der Waals surface area contributed by atoms with Gasteiger partial charge in [0, 0.05) is 33.8 Å². The number of hydrogen-bond donors (Lipinski definition) is 1. The van der Waals surface area contributed by atoms with Gasteiger partial charge in [0.1, 0.15) is 0 Å². The molecule has 0 aromatic carbocycles. The molecule has 0 amide bonds. The summed E-state index contributed by atoms with van der Waals surface area (Å²) in [6.45, 7) is 1.44. The van der Waals surface area contributed by atoms with Gasteiger partial charge in [-0.05, 0) is 12.3 Å². The van der Waals surface area contributed by atoms with Crippen molar-refractivity contribution < 1.29 is 23.1 Å². The van der Waals surface area contributed by atoms with Crippen molar-refractivity contribution in [3.8, 4) is 0 Å². The van der Waals surface area contributed by atoms with E-state index in [0.717, 1.165) is 10.7 Å². The maximum Gasteiger partial charge on any atom is 0.304 e. The van der Waals surface area contributed by atoms with Crippen LogP contribution in [-0.2, 0) is 19.7 Å². The van der Waals surface area contributed by atoms with Gasteiger partial charge in [-0.1, -0.05) is 0 Å². The van der Waals surface area contributed by atoms with Gasteiger partial charge in [-0.3, -0.25) is 4.79 Å². The number of ether oxygens (including phenoxy) is 1.